The first-order valence-electron chi connectivity index (χ1n) is 4.16. The van der Waals surface area contributed by atoms with Gasteiger partial charge in [-0.15, -0.1) is 0 Å². The van der Waals surface area contributed by atoms with Crippen molar-refractivity contribution >= 4 is 30.1 Å². The highest BCUT2D eigenvalue weighted by atomic mass is 16.4. The van der Waals surface area contributed by atoms with Crippen LogP contribution >= 0.6 is 0 Å². The van der Waals surface area contributed by atoms with E-state index in [2.05, 4.69) is 21.9 Å². The van der Waals surface area contributed by atoms with Crippen LogP contribution < -0.4 is 22.5 Å². The van der Waals surface area contributed by atoms with Gasteiger partial charge in [-0.1, -0.05) is 29.7 Å². The standard InChI is InChI=1S/C5H8N4O.2CH3NO2.4CH4/c1-9-5(6)4(2-8-9)7-3-10;2*2-1(3)4;;;;/h2-3H,6H2,1H3,(H,7,10);2*2H2,(H,3,4);4*1H4. The lowest BCUT2D eigenvalue weighted by Gasteiger charge is -1.95. The van der Waals surface area contributed by atoms with E-state index in [0.29, 0.717) is 17.9 Å². The summed E-state index contributed by atoms with van der Waals surface area (Å²) in [4.78, 5) is 27.5. The van der Waals surface area contributed by atoms with Crippen molar-refractivity contribution in [2.24, 2.45) is 18.5 Å². The molecule has 11 nitrogen and oxygen atoms in total. The summed E-state index contributed by atoms with van der Waals surface area (Å²) in [7, 11) is 1.70. The zero-order valence-corrected chi connectivity index (χ0v) is 9.40. The molecule has 0 radical (unpaired) electrons. The van der Waals surface area contributed by atoms with Gasteiger partial charge in [0.1, 0.15) is 11.5 Å². The summed E-state index contributed by atoms with van der Waals surface area (Å²) in [5.74, 6) is 0.451. The number of nitrogens with one attached hydrogen (secondary N) is 1. The van der Waals surface area contributed by atoms with E-state index < -0.39 is 12.2 Å². The summed E-state index contributed by atoms with van der Waals surface area (Å²) >= 11 is 0. The third-order valence-corrected chi connectivity index (χ3v) is 1.20. The molecule has 0 aliphatic carbocycles. The van der Waals surface area contributed by atoms with Crippen LogP contribution in [0.15, 0.2) is 6.20 Å². The highest BCUT2D eigenvalue weighted by Gasteiger charge is 2.00. The number of aryl methyl sites for hydroxylation is 1. The van der Waals surface area contributed by atoms with Crippen LogP contribution in [-0.2, 0) is 11.8 Å². The number of amides is 3. The SMILES string of the molecule is C.C.C.C.Cn1ncc(NC=O)c1N.NC(=O)O.NC(=O)O. The van der Waals surface area contributed by atoms with Crippen LogP contribution in [0.1, 0.15) is 29.7 Å². The van der Waals surface area contributed by atoms with Crippen LogP contribution in [0.3, 0.4) is 0 Å². The number of primary amides is 2. The van der Waals surface area contributed by atoms with Crippen molar-refractivity contribution < 1.29 is 24.6 Å². The quantitative estimate of drug-likeness (QED) is 0.440. The Labute approximate surface area is 131 Å². The van der Waals surface area contributed by atoms with Gasteiger partial charge in [-0.3, -0.25) is 9.48 Å². The number of rotatable bonds is 2. The summed E-state index contributed by atoms with van der Waals surface area (Å²) < 4.78 is 1.48. The van der Waals surface area contributed by atoms with Crippen LogP contribution in [-0.4, -0.2) is 38.6 Å². The fraction of sp³-hybridized carbons (Fsp3) is 0.455. The monoisotopic (exact) mass is 326 g/mol. The number of carbonyl (C=O) groups is 3. The maximum absolute atomic E-state index is 9.93. The number of nitrogen functional groups attached to an aromatic ring is 1. The van der Waals surface area contributed by atoms with E-state index in [1.165, 1.54) is 10.9 Å². The van der Waals surface area contributed by atoms with Gasteiger partial charge in [0.2, 0.25) is 6.41 Å². The second-order valence-electron chi connectivity index (χ2n) is 2.51. The first-order valence-corrected chi connectivity index (χ1v) is 4.16. The van der Waals surface area contributed by atoms with E-state index in [4.69, 9.17) is 25.5 Å². The minimum Gasteiger partial charge on any atom is -0.465 e. The average molecular weight is 326 g/mol. The summed E-state index contributed by atoms with van der Waals surface area (Å²) in [5.41, 5.74) is 14.1. The third-order valence-electron chi connectivity index (χ3n) is 1.20. The van der Waals surface area contributed by atoms with E-state index in [1.54, 1.807) is 7.05 Å². The molecule has 0 saturated carbocycles. The van der Waals surface area contributed by atoms with Crippen molar-refractivity contribution in [3.63, 3.8) is 0 Å². The number of anilines is 2. The molecule has 134 valence electrons. The second-order valence-corrected chi connectivity index (χ2v) is 2.51. The zero-order chi connectivity index (χ0) is 14.7. The molecule has 0 aliphatic heterocycles. The second kappa shape index (κ2) is 20.3. The van der Waals surface area contributed by atoms with Crippen molar-refractivity contribution in [1.29, 1.82) is 0 Å². The number of carboxylic acid groups (broad SMARTS) is 2. The molecule has 22 heavy (non-hydrogen) atoms. The Balaban J connectivity index is -0.0000000467. The highest BCUT2D eigenvalue weighted by Crippen LogP contribution is 2.13. The fourth-order valence-corrected chi connectivity index (χ4v) is 0.622. The molecule has 0 saturated heterocycles. The van der Waals surface area contributed by atoms with Gasteiger partial charge < -0.3 is 32.7 Å². The molecule has 9 N–H and O–H groups in total. The largest absolute Gasteiger partial charge is 0.465 e. The van der Waals surface area contributed by atoms with Crippen LogP contribution in [0.25, 0.3) is 0 Å². The molecule has 0 atom stereocenters. The van der Waals surface area contributed by atoms with Crippen LogP contribution in [0.4, 0.5) is 21.1 Å². The minimum atomic E-state index is -1.33. The Morgan fingerprint density at radius 2 is 1.50 bits per heavy atom. The molecular formula is C11H30N6O5. The lowest BCUT2D eigenvalue weighted by molar-refractivity contribution is -0.105. The Bertz CT molecular complexity index is 388. The predicted octanol–water partition coefficient (Wildman–Crippen LogP) is 1.36. The average Bonchev–Trinajstić information content (AvgIpc) is 2.48. The smallest absolute Gasteiger partial charge is 0.402 e. The normalized spacial score (nSPS) is 6.41. The first-order chi connectivity index (χ1) is 8.22. The predicted molar refractivity (Wildman–Crippen MR) is 88.7 cm³/mol. The molecule has 1 heterocycles. The van der Waals surface area contributed by atoms with E-state index >= 15 is 0 Å². The number of hydrogen-bond acceptors (Lipinski definition) is 5. The topological polar surface area (TPSA) is 200 Å². The third kappa shape index (κ3) is 25.8. The maximum atomic E-state index is 9.93. The summed E-state index contributed by atoms with van der Waals surface area (Å²) in [6.45, 7) is 0. The molecule has 1 aromatic rings. The molecule has 0 bridgehead atoms. The van der Waals surface area contributed by atoms with E-state index in [9.17, 15) is 4.79 Å². The van der Waals surface area contributed by atoms with Gasteiger partial charge in [-0.25, -0.2) is 9.59 Å². The Hall–Kier alpha value is -2.98. The molecule has 0 unspecified atom stereocenters. The van der Waals surface area contributed by atoms with Gasteiger partial charge >= 0.3 is 12.2 Å². The summed E-state index contributed by atoms with van der Waals surface area (Å²) in [6.07, 6.45) is -0.614. The van der Waals surface area contributed by atoms with E-state index in [0.717, 1.165) is 0 Å². The lowest BCUT2D eigenvalue weighted by atomic mass is 10.5. The Kier molecular flexibility index (Phi) is 33.7. The van der Waals surface area contributed by atoms with Crippen molar-refractivity contribution in [2.75, 3.05) is 11.1 Å². The van der Waals surface area contributed by atoms with Gasteiger partial charge in [0.15, 0.2) is 0 Å². The first kappa shape index (κ1) is 36.4. The number of nitrogens with two attached hydrogens (primary N) is 3. The van der Waals surface area contributed by atoms with Crippen molar-refractivity contribution in [1.82, 2.24) is 9.78 Å². The number of nitrogens with zero attached hydrogens (tertiary/aromatic N) is 2. The van der Waals surface area contributed by atoms with Crippen LogP contribution in [0.5, 0.6) is 0 Å². The Morgan fingerprint density at radius 3 is 1.68 bits per heavy atom. The van der Waals surface area contributed by atoms with Gasteiger partial charge in [0, 0.05) is 7.05 Å². The van der Waals surface area contributed by atoms with E-state index in [-0.39, 0.29) is 29.7 Å². The molecular weight excluding hydrogens is 296 g/mol. The summed E-state index contributed by atoms with van der Waals surface area (Å²) in [5, 5.41) is 20.6. The van der Waals surface area contributed by atoms with E-state index in [1.807, 2.05) is 0 Å². The molecule has 1 rings (SSSR count). The zero-order valence-electron chi connectivity index (χ0n) is 9.40. The molecule has 11 heteroatoms. The molecule has 0 fully saturated rings. The van der Waals surface area contributed by atoms with Crippen molar-refractivity contribution in [2.45, 2.75) is 29.7 Å². The minimum absolute atomic E-state index is 0. The van der Waals surface area contributed by atoms with Gasteiger partial charge in [-0.2, -0.15) is 5.10 Å². The highest BCUT2D eigenvalue weighted by molar-refractivity contribution is 5.77. The van der Waals surface area contributed by atoms with Crippen LogP contribution in [0, 0.1) is 0 Å². The van der Waals surface area contributed by atoms with Gasteiger partial charge in [-0.05, 0) is 0 Å². The molecule has 3 amide bonds. The summed E-state index contributed by atoms with van der Waals surface area (Å²) in [6, 6.07) is 0. The Morgan fingerprint density at radius 1 is 1.18 bits per heavy atom. The number of carbonyl (C=O) groups excluding carboxylic acids is 1. The molecule has 0 aliphatic rings. The number of hydrogen-bond donors (Lipinski definition) is 6. The van der Waals surface area contributed by atoms with Gasteiger partial charge in [0.05, 0.1) is 6.20 Å². The fourth-order valence-electron chi connectivity index (χ4n) is 0.622. The molecule has 0 aromatic carbocycles. The maximum Gasteiger partial charge on any atom is 0.402 e. The van der Waals surface area contributed by atoms with Crippen molar-refractivity contribution in [3.05, 3.63) is 6.20 Å². The van der Waals surface area contributed by atoms with Crippen molar-refractivity contribution in [3.8, 4) is 0 Å². The van der Waals surface area contributed by atoms with Gasteiger partial charge in [0.25, 0.3) is 0 Å². The van der Waals surface area contributed by atoms with Crippen LogP contribution in [0.2, 0.25) is 0 Å². The number of aromatic nitrogens is 2. The molecule has 0 spiro atoms. The lowest BCUT2D eigenvalue weighted by Crippen LogP contribution is -2.03. The molecule has 1 aromatic heterocycles.